The summed E-state index contributed by atoms with van der Waals surface area (Å²) in [7, 11) is 3.07. The number of fused-ring (bicyclic) bond motifs is 4. The van der Waals surface area contributed by atoms with Crippen LogP contribution in [0.25, 0.3) is 0 Å². The highest BCUT2D eigenvalue weighted by Crippen LogP contribution is 2.50. The fraction of sp³-hybridized carbons (Fsp3) is 0.385. The zero-order valence-electron chi connectivity index (χ0n) is 20.7. The topological polar surface area (TPSA) is 145 Å². The Morgan fingerprint density at radius 1 is 1.14 bits per heavy atom. The van der Waals surface area contributed by atoms with Crippen molar-refractivity contribution in [3.8, 4) is 11.5 Å². The standard InChI is InChI=1S/C26H27ClN4O6/c1-12-15(27)6-5-14-22(12)29-25(35)26(14)21-20(16(30-26)11-19(28)32)23(33)31(24(21)34)9-8-13-4-7-17(36-2)18(10-13)37-3/h4-7,10,16,20-21,30H,8-9,11H2,1-3H3,(H2,28,32)(H,29,35)/p+1/t16-,20+,21-,26-/m0/s1. The summed E-state index contributed by atoms with van der Waals surface area (Å²) in [5.41, 5.74) is 6.77. The molecule has 5 N–H and O–H groups in total. The van der Waals surface area contributed by atoms with Gasteiger partial charge in [0.1, 0.15) is 17.9 Å². The van der Waals surface area contributed by atoms with E-state index < -0.39 is 47.0 Å². The molecular formula is C26H28ClN4O6+. The second-order valence-corrected chi connectivity index (χ2v) is 10.1. The smallest absolute Gasteiger partial charge is 0.291 e. The number of quaternary nitrogens is 1. The van der Waals surface area contributed by atoms with E-state index in [1.54, 1.807) is 43.6 Å². The van der Waals surface area contributed by atoms with E-state index in [1.807, 2.05) is 6.07 Å². The van der Waals surface area contributed by atoms with Crippen LogP contribution < -0.4 is 25.8 Å². The van der Waals surface area contributed by atoms with E-state index in [4.69, 9.17) is 26.8 Å². The molecule has 2 saturated heterocycles. The van der Waals surface area contributed by atoms with Crippen LogP contribution in [0.1, 0.15) is 23.1 Å². The molecule has 11 heteroatoms. The van der Waals surface area contributed by atoms with Crippen molar-refractivity contribution in [2.45, 2.75) is 31.3 Å². The molecule has 194 valence electrons. The van der Waals surface area contributed by atoms with Gasteiger partial charge in [0.2, 0.25) is 23.3 Å². The largest absolute Gasteiger partial charge is 0.493 e. The number of hydrogen-bond acceptors (Lipinski definition) is 6. The van der Waals surface area contributed by atoms with E-state index >= 15 is 0 Å². The van der Waals surface area contributed by atoms with Crippen LogP contribution in [0.5, 0.6) is 11.5 Å². The van der Waals surface area contributed by atoms with Gasteiger partial charge in [0, 0.05) is 17.1 Å². The van der Waals surface area contributed by atoms with Crippen LogP contribution >= 0.6 is 11.6 Å². The number of likely N-dealkylation sites (tertiary alicyclic amines) is 1. The first kappa shape index (κ1) is 25.0. The Bertz CT molecular complexity index is 1350. The lowest BCUT2D eigenvalue weighted by Gasteiger charge is -2.26. The molecule has 5 rings (SSSR count). The fourth-order valence-electron chi connectivity index (χ4n) is 6.13. The maximum absolute atomic E-state index is 13.9. The van der Waals surface area contributed by atoms with Crippen molar-refractivity contribution >= 4 is 40.9 Å². The van der Waals surface area contributed by atoms with Gasteiger partial charge in [-0.15, -0.1) is 0 Å². The third kappa shape index (κ3) is 3.66. The number of halogens is 1. The van der Waals surface area contributed by atoms with Gasteiger partial charge in [-0.05, 0) is 48.7 Å². The predicted octanol–water partition coefficient (Wildman–Crippen LogP) is 0.478. The number of carbonyl (C=O) groups is 4. The molecule has 3 aliphatic rings. The summed E-state index contributed by atoms with van der Waals surface area (Å²) in [6, 6.07) is 8.13. The molecule has 0 aliphatic carbocycles. The van der Waals surface area contributed by atoms with Gasteiger partial charge in [0.15, 0.2) is 11.5 Å². The van der Waals surface area contributed by atoms with Crippen LogP contribution in [-0.2, 0) is 31.1 Å². The number of methoxy groups -OCH3 is 2. The third-order valence-corrected chi connectivity index (χ3v) is 8.25. The highest BCUT2D eigenvalue weighted by Gasteiger charge is 2.74. The van der Waals surface area contributed by atoms with Gasteiger partial charge in [-0.2, -0.15) is 0 Å². The minimum Gasteiger partial charge on any atom is -0.493 e. The van der Waals surface area contributed by atoms with Crippen LogP contribution in [0.2, 0.25) is 5.02 Å². The number of rotatable bonds is 7. The van der Waals surface area contributed by atoms with Crippen molar-refractivity contribution in [3.05, 3.63) is 52.0 Å². The number of nitrogens with zero attached hydrogens (tertiary/aromatic N) is 1. The van der Waals surface area contributed by atoms with E-state index in [2.05, 4.69) is 5.32 Å². The summed E-state index contributed by atoms with van der Waals surface area (Å²) >= 11 is 6.29. The number of nitrogens with one attached hydrogen (secondary N) is 1. The van der Waals surface area contributed by atoms with Crippen LogP contribution in [0.4, 0.5) is 5.69 Å². The maximum atomic E-state index is 13.9. The molecule has 2 fully saturated rings. The monoisotopic (exact) mass is 527 g/mol. The Hall–Kier alpha value is -3.63. The molecular weight excluding hydrogens is 500 g/mol. The molecule has 2 aromatic rings. The van der Waals surface area contributed by atoms with Crippen molar-refractivity contribution in [1.82, 2.24) is 4.90 Å². The van der Waals surface area contributed by atoms with Gasteiger partial charge in [-0.1, -0.05) is 17.7 Å². The zero-order chi connectivity index (χ0) is 26.6. The predicted molar refractivity (Wildman–Crippen MR) is 133 cm³/mol. The van der Waals surface area contributed by atoms with E-state index in [9.17, 15) is 19.2 Å². The summed E-state index contributed by atoms with van der Waals surface area (Å²) in [5.74, 6) is -2.57. The molecule has 4 amide bonds. The van der Waals surface area contributed by atoms with Crippen molar-refractivity contribution in [2.75, 3.05) is 26.1 Å². The van der Waals surface area contributed by atoms with E-state index in [1.165, 1.54) is 12.0 Å². The minimum atomic E-state index is -1.39. The molecule has 0 aromatic heterocycles. The van der Waals surface area contributed by atoms with Crippen molar-refractivity contribution in [2.24, 2.45) is 17.6 Å². The Morgan fingerprint density at radius 3 is 2.54 bits per heavy atom. The number of amides is 4. The summed E-state index contributed by atoms with van der Waals surface area (Å²) in [4.78, 5) is 54.2. The summed E-state index contributed by atoms with van der Waals surface area (Å²) in [6.45, 7) is 1.90. The van der Waals surface area contributed by atoms with Crippen LogP contribution in [0, 0.1) is 18.8 Å². The number of anilines is 1. The summed E-state index contributed by atoms with van der Waals surface area (Å²) in [5, 5.41) is 5.04. The SMILES string of the molecule is COc1ccc(CCN2C(=O)[C@@H]3[C@H](CC(N)=O)[NH2+][C@]4(C(=O)Nc5c4ccc(Cl)c5C)[C@@H]3C2=O)cc1OC. The van der Waals surface area contributed by atoms with Crippen molar-refractivity contribution in [1.29, 1.82) is 0 Å². The van der Waals surface area contributed by atoms with Crippen molar-refractivity contribution in [3.63, 3.8) is 0 Å². The Kier molecular flexibility index (Phi) is 6.12. The Labute approximate surface area is 218 Å². The fourth-order valence-corrected chi connectivity index (χ4v) is 6.28. The molecule has 1 spiro atoms. The summed E-state index contributed by atoms with van der Waals surface area (Å²) in [6.07, 6.45) is 0.243. The number of imide groups is 1. The quantitative estimate of drug-likeness (QED) is 0.447. The Balaban J connectivity index is 1.51. The molecule has 0 unspecified atom stereocenters. The molecule has 3 aliphatic heterocycles. The average Bonchev–Trinajstić information content (AvgIpc) is 3.44. The number of primary amides is 1. The van der Waals surface area contributed by atoms with Crippen LogP contribution in [0.15, 0.2) is 30.3 Å². The second kappa shape index (κ2) is 9.04. The van der Waals surface area contributed by atoms with Gasteiger partial charge in [0.25, 0.3) is 5.91 Å². The van der Waals surface area contributed by atoms with E-state index in [-0.39, 0.29) is 13.0 Å². The average molecular weight is 528 g/mol. The number of hydrogen-bond donors (Lipinski definition) is 3. The lowest BCUT2D eigenvalue weighted by atomic mass is 9.76. The molecule has 2 aromatic carbocycles. The number of carbonyl (C=O) groups excluding carboxylic acids is 4. The summed E-state index contributed by atoms with van der Waals surface area (Å²) < 4.78 is 10.6. The molecule has 4 atom stereocenters. The molecule has 0 bridgehead atoms. The van der Waals surface area contributed by atoms with Gasteiger partial charge in [-0.25, -0.2) is 0 Å². The van der Waals surface area contributed by atoms with Crippen LogP contribution in [-0.4, -0.2) is 55.3 Å². The second-order valence-electron chi connectivity index (χ2n) is 9.69. The first-order valence-electron chi connectivity index (χ1n) is 12.0. The van der Waals surface area contributed by atoms with Gasteiger partial charge < -0.3 is 25.8 Å². The van der Waals surface area contributed by atoms with Crippen LogP contribution in [0.3, 0.4) is 0 Å². The molecule has 37 heavy (non-hydrogen) atoms. The molecule has 3 heterocycles. The normalized spacial score (nSPS) is 25.9. The Morgan fingerprint density at radius 2 is 1.86 bits per heavy atom. The molecule has 0 saturated carbocycles. The number of nitrogens with two attached hydrogens (primary N) is 2. The van der Waals surface area contributed by atoms with Gasteiger partial charge in [-0.3, -0.25) is 24.1 Å². The lowest BCUT2D eigenvalue weighted by Crippen LogP contribution is -2.99. The number of ether oxygens (including phenoxy) is 2. The first-order chi connectivity index (χ1) is 17.6. The molecule has 10 nitrogen and oxygen atoms in total. The van der Waals surface area contributed by atoms with E-state index in [0.29, 0.717) is 39.8 Å². The lowest BCUT2D eigenvalue weighted by molar-refractivity contribution is -0.732. The van der Waals surface area contributed by atoms with Crippen molar-refractivity contribution < 1.29 is 34.0 Å². The molecule has 0 radical (unpaired) electrons. The first-order valence-corrected chi connectivity index (χ1v) is 12.3. The third-order valence-electron chi connectivity index (χ3n) is 7.84. The number of benzene rings is 2. The zero-order valence-corrected chi connectivity index (χ0v) is 21.4. The highest BCUT2D eigenvalue weighted by molar-refractivity contribution is 6.32. The maximum Gasteiger partial charge on any atom is 0.291 e. The van der Waals surface area contributed by atoms with Gasteiger partial charge in [0.05, 0.1) is 26.3 Å². The van der Waals surface area contributed by atoms with E-state index in [0.717, 1.165) is 5.56 Å². The van der Waals surface area contributed by atoms with Gasteiger partial charge >= 0.3 is 0 Å². The minimum absolute atomic E-state index is 0.119. The highest BCUT2D eigenvalue weighted by atomic mass is 35.5.